The zero-order chi connectivity index (χ0) is 21.2. The van der Waals surface area contributed by atoms with Gasteiger partial charge in [0, 0.05) is 44.0 Å². The van der Waals surface area contributed by atoms with Gasteiger partial charge in [-0.15, -0.1) is 0 Å². The Morgan fingerprint density at radius 1 is 1.10 bits per heavy atom. The van der Waals surface area contributed by atoms with E-state index in [-0.39, 0.29) is 5.69 Å². The average Bonchev–Trinajstić information content (AvgIpc) is 2.73. The van der Waals surface area contributed by atoms with E-state index in [0.717, 1.165) is 39.2 Å². The number of carboxylic acid groups (broad SMARTS) is 1. The van der Waals surface area contributed by atoms with Crippen LogP contribution in [0.15, 0.2) is 60.2 Å². The molecular formula is C21H23N3O5. The maximum atomic E-state index is 11.0. The van der Waals surface area contributed by atoms with Crippen LogP contribution in [-0.4, -0.2) is 48.0 Å². The number of para-hydroxylation sites is 1. The highest BCUT2D eigenvalue weighted by atomic mass is 16.6. The number of rotatable bonds is 5. The Hall–Kier alpha value is -3.52. The van der Waals surface area contributed by atoms with E-state index in [9.17, 15) is 19.7 Å². The fourth-order valence-electron chi connectivity index (χ4n) is 2.77. The minimum atomic E-state index is -1.36. The van der Waals surface area contributed by atoms with Crippen LogP contribution in [-0.2, 0) is 9.59 Å². The van der Waals surface area contributed by atoms with E-state index < -0.39 is 22.2 Å². The van der Waals surface area contributed by atoms with Gasteiger partial charge >= 0.3 is 5.97 Å². The number of carbonyl (C=O) groups excluding carboxylic acids is 1. The summed E-state index contributed by atoms with van der Waals surface area (Å²) < 4.78 is 0. The lowest BCUT2D eigenvalue weighted by Crippen LogP contribution is -2.43. The van der Waals surface area contributed by atoms with Crippen LogP contribution >= 0.6 is 0 Å². The summed E-state index contributed by atoms with van der Waals surface area (Å²) in [6.07, 6.45) is 1.11. The number of benzene rings is 2. The number of Topliss-reactive ketones (excluding diaryl/α,β-unsaturated/α-hetero) is 1. The molecule has 0 unspecified atom stereocenters. The van der Waals surface area contributed by atoms with E-state index in [1.54, 1.807) is 0 Å². The third kappa shape index (κ3) is 6.86. The third-order valence-corrected chi connectivity index (χ3v) is 4.24. The van der Waals surface area contributed by atoms with Gasteiger partial charge < -0.3 is 15.3 Å². The Balaban J connectivity index is 0.000000218. The summed E-state index contributed by atoms with van der Waals surface area (Å²) >= 11 is 0. The van der Waals surface area contributed by atoms with Crippen molar-refractivity contribution in [2.24, 2.45) is 0 Å². The van der Waals surface area contributed by atoms with Crippen LogP contribution in [0, 0.1) is 10.1 Å². The summed E-state index contributed by atoms with van der Waals surface area (Å²) in [5.41, 5.74) is 1.07. The lowest BCUT2D eigenvalue weighted by Gasteiger charge is -2.29. The maximum absolute atomic E-state index is 11.0. The van der Waals surface area contributed by atoms with Gasteiger partial charge in [0.25, 0.3) is 5.69 Å². The predicted molar refractivity (Wildman–Crippen MR) is 111 cm³/mol. The number of piperazine rings is 1. The van der Waals surface area contributed by atoms with Gasteiger partial charge in [0.05, 0.1) is 4.92 Å². The molecule has 29 heavy (non-hydrogen) atoms. The van der Waals surface area contributed by atoms with Gasteiger partial charge in [-0.3, -0.25) is 14.9 Å². The fraction of sp³-hybridized carbons (Fsp3) is 0.238. The van der Waals surface area contributed by atoms with Crippen LogP contribution in [0.2, 0.25) is 0 Å². The van der Waals surface area contributed by atoms with Gasteiger partial charge in [-0.25, -0.2) is 4.79 Å². The van der Waals surface area contributed by atoms with Crippen molar-refractivity contribution >= 4 is 29.2 Å². The topological polar surface area (TPSA) is 113 Å². The number of aliphatic carboxylic acids is 1. The molecule has 0 atom stereocenters. The highest BCUT2D eigenvalue weighted by molar-refractivity contribution is 6.19. The molecule has 2 N–H and O–H groups in total. The number of nitrogens with one attached hydrogen (secondary N) is 1. The summed E-state index contributed by atoms with van der Waals surface area (Å²) in [6, 6.07) is 16.0. The summed E-state index contributed by atoms with van der Waals surface area (Å²) in [5.74, 6) is -1.96. The van der Waals surface area contributed by atoms with Crippen LogP contribution in [0.5, 0.6) is 0 Å². The first-order valence-electron chi connectivity index (χ1n) is 9.09. The van der Waals surface area contributed by atoms with Gasteiger partial charge in [0.15, 0.2) is 5.78 Å². The van der Waals surface area contributed by atoms with Crippen LogP contribution in [0.4, 0.5) is 11.4 Å². The Kier molecular flexibility index (Phi) is 8.05. The Labute approximate surface area is 168 Å². The van der Waals surface area contributed by atoms with E-state index >= 15 is 0 Å². The summed E-state index contributed by atoms with van der Waals surface area (Å²) in [5, 5.41) is 22.6. The zero-order valence-electron chi connectivity index (χ0n) is 16.1. The molecule has 1 aliphatic rings. The molecule has 1 heterocycles. The number of ketones is 1. The van der Waals surface area contributed by atoms with Crippen molar-refractivity contribution in [2.75, 3.05) is 31.1 Å². The van der Waals surface area contributed by atoms with E-state index in [4.69, 9.17) is 5.11 Å². The lowest BCUT2D eigenvalue weighted by atomic mass is 10.1. The van der Waals surface area contributed by atoms with Gasteiger partial charge in [-0.05, 0) is 30.7 Å². The summed E-state index contributed by atoms with van der Waals surface area (Å²) in [4.78, 5) is 34.1. The molecule has 1 saturated heterocycles. The molecule has 0 bridgehead atoms. The van der Waals surface area contributed by atoms with Crippen molar-refractivity contribution in [2.45, 2.75) is 6.92 Å². The first-order chi connectivity index (χ1) is 13.9. The molecular weight excluding hydrogens is 374 g/mol. The van der Waals surface area contributed by atoms with E-state index in [1.807, 2.05) is 0 Å². The normalized spacial score (nSPS) is 13.8. The molecule has 0 aliphatic carbocycles. The first-order valence-corrected chi connectivity index (χ1v) is 9.09. The number of anilines is 1. The molecule has 1 aliphatic heterocycles. The van der Waals surface area contributed by atoms with Crippen LogP contribution in [0.25, 0.3) is 6.08 Å². The number of hydrogen-bond acceptors (Lipinski definition) is 6. The SMILES string of the molecule is CC(=O)C(=Cc1cccc([N+](=O)[O-])c1)C(=O)O.c1ccc(N2CCNCC2)cc1. The Morgan fingerprint density at radius 2 is 1.76 bits per heavy atom. The molecule has 152 valence electrons. The highest BCUT2D eigenvalue weighted by Gasteiger charge is 2.13. The summed E-state index contributed by atoms with van der Waals surface area (Å²) in [7, 11) is 0. The predicted octanol–water partition coefficient (Wildman–Crippen LogP) is 2.75. The molecule has 0 aromatic heterocycles. The molecule has 8 heteroatoms. The molecule has 0 saturated carbocycles. The molecule has 0 spiro atoms. The zero-order valence-corrected chi connectivity index (χ0v) is 16.1. The molecule has 0 radical (unpaired) electrons. The van der Waals surface area contributed by atoms with Crippen LogP contribution in [0.1, 0.15) is 12.5 Å². The average molecular weight is 397 g/mol. The first kappa shape index (κ1) is 21.8. The van der Waals surface area contributed by atoms with Gasteiger partial charge in [-0.1, -0.05) is 30.3 Å². The van der Waals surface area contributed by atoms with E-state index in [0.29, 0.717) is 5.56 Å². The Bertz CT molecular complexity index is 874. The van der Waals surface area contributed by atoms with Gasteiger partial charge in [0.1, 0.15) is 5.57 Å². The molecule has 2 aromatic carbocycles. The number of nitrogens with zero attached hydrogens (tertiary/aromatic N) is 2. The van der Waals surface area contributed by atoms with Crippen molar-refractivity contribution in [3.63, 3.8) is 0 Å². The van der Waals surface area contributed by atoms with Crippen molar-refractivity contribution in [1.82, 2.24) is 5.32 Å². The Morgan fingerprint density at radius 3 is 2.31 bits per heavy atom. The molecule has 8 nitrogen and oxygen atoms in total. The largest absolute Gasteiger partial charge is 0.478 e. The van der Waals surface area contributed by atoms with Crippen LogP contribution < -0.4 is 10.2 Å². The fourth-order valence-corrected chi connectivity index (χ4v) is 2.77. The van der Waals surface area contributed by atoms with E-state index in [1.165, 1.54) is 30.0 Å². The maximum Gasteiger partial charge on any atom is 0.339 e. The number of carboxylic acids is 1. The summed E-state index contributed by atoms with van der Waals surface area (Å²) in [6.45, 7) is 5.59. The third-order valence-electron chi connectivity index (χ3n) is 4.24. The minimum Gasteiger partial charge on any atom is -0.478 e. The molecule has 1 fully saturated rings. The monoisotopic (exact) mass is 397 g/mol. The smallest absolute Gasteiger partial charge is 0.339 e. The number of carbonyl (C=O) groups is 2. The number of nitro benzene ring substituents is 1. The van der Waals surface area contributed by atoms with Crippen molar-refractivity contribution in [1.29, 1.82) is 0 Å². The second-order valence-electron chi connectivity index (χ2n) is 6.34. The molecule has 2 aromatic rings. The van der Waals surface area contributed by atoms with Crippen molar-refractivity contribution in [3.8, 4) is 0 Å². The van der Waals surface area contributed by atoms with Crippen molar-refractivity contribution in [3.05, 3.63) is 75.8 Å². The second kappa shape index (κ2) is 10.7. The minimum absolute atomic E-state index is 0.160. The number of hydrogen-bond donors (Lipinski definition) is 2. The van der Waals surface area contributed by atoms with Crippen LogP contribution in [0.3, 0.4) is 0 Å². The molecule has 0 amide bonds. The van der Waals surface area contributed by atoms with Gasteiger partial charge in [0.2, 0.25) is 0 Å². The van der Waals surface area contributed by atoms with Gasteiger partial charge in [-0.2, -0.15) is 0 Å². The number of non-ortho nitro benzene ring substituents is 1. The molecule has 3 rings (SSSR count). The van der Waals surface area contributed by atoms with E-state index in [2.05, 4.69) is 40.5 Å². The van der Waals surface area contributed by atoms with Crippen molar-refractivity contribution < 1.29 is 19.6 Å². The highest BCUT2D eigenvalue weighted by Crippen LogP contribution is 2.16. The number of nitro groups is 1. The quantitative estimate of drug-likeness (QED) is 0.262. The second-order valence-corrected chi connectivity index (χ2v) is 6.34. The lowest BCUT2D eigenvalue weighted by molar-refractivity contribution is -0.384. The standard InChI is InChI=1S/C11H9NO5.C10H14N2/c1-7(13)10(11(14)15)6-8-3-2-4-9(5-8)12(16)17;1-2-4-10(5-3-1)12-8-6-11-7-9-12/h2-6H,1H3,(H,14,15);1-5,11H,6-9H2.